The van der Waals surface area contributed by atoms with Crippen LogP contribution in [0.5, 0.6) is 11.5 Å². The first kappa shape index (κ1) is 14.6. The molecule has 21 heavy (non-hydrogen) atoms. The number of hydrogen-bond acceptors (Lipinski definition) is 5. The molecule has 2 aliphatic rings. The number of ether oxygens (including phenoxy) is 2. The summed E-state index contributed by atoms with van der Waals surface area (Å²) >= 11 is 0. The quantitative estimate of drug-likeness (QED) is 0.897. The molecule has 1 unspecified atom stereocenters. The number of fused-ring (bicyclic) bond motifs is 1. The van der Waals surface area contributed by atoms with E-state index in [2.05, 4.69) is 35.9 Å². The number of nitrogens with two attached hydrogens (primary N) is 1. The number of likely N-dealkylation sites (N-methyl/N-ethyl adjacent to an activating group) is 1. The molecule has 2 N–H and O–H groups in total. The highest BCUT2D eigenvalue weighted by Gasteiger charge is 2.30. The van der Waals surface area contributed by atoms with Crippen LogP contribution in [0, 0.1) is 0 Å². The number of nitrogens with zero attached hydrogens (tertiary/aromatic N) is 2. The third-order valence-electron chi connectivity index (χ3n) is 4.39. The van der Waals surface area contributed by atoms with Gasteiger partial charge in [0.05, 0.1) is 5.66 Å². The van der Waals surface area contributed by atoms with Crippen LogP contribution in [0.3, 0.4) is 0 Å². The minimum atomic E-state index is -0.328. The summed E-state index contributed by atoms with van der Waals surface area (Å²) in [5, 5.41) is 0. The molecule has 0 aliphatic carbocycles. The van der Waals surface area contributed by atoms with Gasteiger partial charge in [0.25, 0.3) is 0 Å². The van der Waals surface area contributed by atoms with E-state index in [0.717, 1.165) is 44.1 Å². The number of benzene rings is 1. The summed E-state index contributed by atoms with van der Waals surface area (Å²) in [4.78, 5) is 4.72. The Morgan fingerprint density at radius 1 is 1.10 bits per heavy atom. The Balaban J connectivity index is 1.70. The minimum absolute atomic E-state index is 0.328. The minimum Gasteiger partial charge on any atom is -0.486 e. The molecule has 0 bridgehead atoms. The summed E-state index contributed by atoms with van der Waals surface area (Å²) < 4.78 is 11.2. The van der Waals surface area contributed by atoms with Gasteiger partial charge in [-0.3, -0.25) is 4.90 Å². The van der Waals surface area contributed by atoms with Crippen molar-refractivity contribution < 1.29 is 9.47 Å². The lowest BCUT2D eigenvalue weighted by Crippen LogP contribution is -2.60. The lowest BCUT2D eigenvalue weighted by molar-refractivity contribution is 0.0545. The first-order chi connectivity index (χ1) is 10.0. The van der Waals surface area contributed by atoms with Crippen molar-refractivity contribution in [3.63, 3.8) is 0 Å². The van der Waals surface area contributed by atoms with Gasteiger partial charge in [-0.1, -0.05) is 6.07 Å². The van der Waals surface area contributed by atoms with Gasteiger partial charge >= 0.3 is 0 Å². The van der Waals surface area contributed by atoms with Crippen molar-refractivity contribution >= 4 is 0 Å². The normalized spacial score (nSPS) is 22.8. The van der Waals surface area contributed by atoms with Crippen LogP contribution in [0.25, 0.3) is 0 Å². The van der Waals surface area contributed by atoms with Crippen LogP contribution in [-0.4, -0.2) is 61.9 Å². The predicted octanol–water partition coefficient (Wildman–Crippen LogP) is 0.923. The lowest BCUT2D eigenvalue weighted by atomic mass is 9.99. The highest BCUT2D eigenvalue weighted by Crippen LogP contribution is 2.32. The second kappa shape index (κ2) is 5.83. The Kier molecular flexibility index (Phi) is 4.06. The first-order valence-corrected chi connectivity index (χ1v) is 7.66. The van der Waals surface area contributed by atoms with Crippen LogP contribution in [0.2, 0.25) is 0 Å². The van der Waals surface area contributed by atoms with E-state index in [9.17, 15) is 0 Å². The molecule has 1 saturated heterocycles. The maximum absolute atomic E-state index is 6.58. The van der Waals surface area contributed by atoms with Crippen LogP contribution in [0.1, 0.15) is 12.5 Å². The van der Waals surface area contributed by atoms with Gasteiger partial charge in [-0.05, 0) is 31.7 Å². The molecule has 1 aromatic carbocycles. The van der Waals surface area contributed by atoms with E-state index < -0.39 is 0 Å². The molecule has 5 nitrogen and oxygen atoms in total. The van der Waals surface area contributed by atoms with Crippen molar-refractivity contribution in [3.8, 4) is 11.5 Å². The summed E-state index contributed by atoms with van der Waals surface area (Å²) in [5.41, 5.74) is 7.45. The van der Waals surface area contributed by atoms with Crippen molar-refractivity contribution in [2.75, 3.05) is 46.4 Å². The van der Waals surface area contributed by atoms with E-state index in [1.807, 2.05) is 6.07 Å². The Labute approximate surface area is 126 Å². The van der Waals surface area contributed by atoms with Crippen LogP contribution in [0.15, 0.2) is 18.2 Å². The van der Waals surface area contributed by atoms with Gasteiger partial charge in [0.15, 0.2) is 11.5 Å². The summed E-state index contributed by atoms with van der Waals surface area (Å²) in [6.45, 7) is 7.57. The zero-order valence-electron chi connectivity index (χ0n) is 13.0. The average molecular weight is 291 g/mol. The van der Waals surface area contributed by atoms with Crippen molar-refractivity contribution in [2.24, 2.45) is 5.73 Å². The van der Waals surface area contributed by atoms with Gasteiger partial charge < -0.3 is 20.1 Å². The monoisotopic (exact) mass is 291 g/mol. The predicted molar refractivity (Wildman–Crippen MR) is 82.8 cm³/mol. The number of hydrogen-bond donors (Lipinski definition) is 1. The zero-order valence-corrected chi connectivity index (χ0v) is 13.0. The molecular formula is C16H25N3O2. The number of rotatable bonds is 3. The topological polar surface area (TPSA) is 51.0 Å². The largest absolute Gasteiger partial charge is 0.486 e. The molecule has 1 aromatic rings. The lowest BCUT2D eigenvalue weighted by Gasteiger charge is -2.43. The second-order valence-corrected chi connectivity index (χ2v) is 6.30. The molecule has 0 aromatic heterocycles. The van der Waals surface area contributed by atoms with Gasteiger partial charge in [-0.25, -0.2) is 0 Å². The average Bonchev–Trinajstić information content (AvgIpc) is 2.47. The fourth-order valence-corrected chi connectivity index (χ4v) is 3.04. The molecule has 2 heterocycles. The van der Waals surface area contributed by atoms with Crippen LogP contribution < -0.4 is 15.2 Å². The van der Waals surface area contributed by atoms with Crippen molar-refractivity contribution in [2.45, 2.75) is 19.0 Å². The van der Waals surface area contributed by atoms with Crippen LogP contribution in [-0.2, 0) is 6.42 Å². The third-order valence-corrected chi connectivity index (χ3v) is 4.39. The summed E-state index contributed by atoms with van der Waals surface area (Å²) in [6, 6.07) is 6.15. The standard InChI is InChI=1S/C16H25N3O2/c1-16(17,19-7-5-18(2)6-8-19)12-13-3-4-14-15(11-13)21-10-9-20-14/h3-4,11H,5-10,12,17H2,1-2H3. The Bertz CT molecular complexity index is 496. The van der Waals surface area contributed by atoms with Crippen molar-refractivity contribution in [1.82, 2.24) is 9.80 Å². The summed E-state index contributed by atoms with van der Waals surface area (Å²) in [7, 11) is 2.16. The highest BCUT2D eigenvalue weighted by molar-refractivity contribution is 5.44. The van der Waals surface area contributed by atoms with E-state index >= 15 is 0 Å². The summed E-state index contributed by atoms with van der Waals surface area (Å²) in [6.07, 6.45) is 0.813. The molecule has 3 rings (SSSR count). The van der Waals surface area contributed by atoms with Crippen LogP contribution in [0.4, 0.5) is 0 Å². The molecule has 1 fully saturated rings. The van der Waals surface area contributed by atoms with Gasteiger partial charge in [-0.2, -0.15) is 0 Å². The van der Waals surface area contributed by atoms with Gasteiger partial charge in [-0.15, -0.1) is 0 Å². The van der Waals surface area contributed by atoms with E-state index in [1.165, 1.54) is 5.56 Å². The molecule has 2 aliphatic heterocycles. The Morgan fingerprint density at radius 3 is 2.48 bits per heavy atom. The first-order valence-electron chi connectivity index (χ1n) is 7.66. The molecule has 1 atom stereocenters. The number of piperazine rings is 1. The fraction of sp³-hybridized carbons (Fsp3) is 0.625. The van der Waals surface area contributed by atoms with Gasteiger partial charge in [0.1, 0.15) is 13.2 Å². The smallest absolute Gasteiger partial charge is 0.161 e. The van der Waals surface area contributed by atoms with Crippen molar-refractivity contribution in [1.29, 1.82) is 0 Å². The Morgan fingerprint density at radius 2 is 1.76 bits per heavy atom. The molecule has 0 saturated carbocycles. The maximum atomic E-state index is 6.58. The molecular weight excluding hydrogens is 266 g/mol. The molecule has 0 amide bonds. The zero-order chi connectivity index (χ0) is 14.9. The SMILES string of the molecule is CN1CCN(C(C)(N)Cc2ccc3c(c2)OCCO3)CC1. The molecule has 116 valence electrons. The molecule has 0 spiro atoms. The van der Waals surface area contributed by atoms with E-state index in [0.29, 0.717) is 13.2 Å². The molecule has 5 heteroatoms. The summed E-state index contributed by atoms with van der Waals surface area (Å²) in [5.74, 6) is 1.68. The van der Waals surface area contributed by atoms with E-state index in [4.69, 9.17) is 15.2 Å². The third kappa shape index (κ3) is 3.31. The Hall–Kier alpha value is -1.30. The highest BCUT2D eigenvalue weighted by atomic mass is 16.6. The molecule has 0 radical (unpaired) electrons. The second-order valence-electron chi connectivity index (χ2n) is 6.30. The van der Waals surface area contributed by atoms with Crippen LogP contribution >= 0.6 is 0 Å². The maximum Gasteiger partial charge on any atom is 0.161 e. The van der Waals surface area contributed by atoms with E-state index in [-0.39, 0.29) is 5.66 Å². The van der Waals surface area contributed by atoms with Gasteiger partial charge in [0, 0.05) is 32.6 Å². The van der Waals surface area contributed by atoms with Gasteiger partial charge in [0.2, 0.25) is 0 Å². The van der Waals surface area contributed by atoms with Crippen molar-refractivity contribution in [3.05, 3.63) is 23.8 Å². The fourth-order valence-electron chi connectivity index (χ4n) is 3.04. The van der Waals surface area contributed by atoms with E-state index in [1.54, 1.807) is 0 Å².